The number of fused-ring (bicyclic) bond motifs is 1. The van der Waals surface area contributed by atoms with Crippen LogP contribution >= 0.6 is 11.3 Å². The van der Waals surface area contributed by atoms with Gasteiger partial charge in [-0.05, 0) is 50.1 Å². The molecule has 2 aliphatic rings. The smallest absolute Gasteiger partial charge is 0.231 e. The molecular weight excluding hydrogens is 394 g/mol. The number of carbonyl (C=O) groups is 1. The highest BCUT2D eigenvalue weighted by Gasteiger charge is 2.44. The number of amides is 1. The molecule has 0 bridgehead atoms. The number of ether oxygens (including phenoxy) is 1. The Labute approximate surface area is 170 Å². The molecule has 7 heteroatoms. The molecule has 1 amide bonds. The average molecular weight is 420 g/mol. The van der Waals surface area contributed by atoms with Gasteiger partial charge >= 0.3 is 0 Å². The molecule has 1 fully saturated rings. The third kappa shape index (κ3) is 3.19. The second-order valence-electron chi connectivity index (χ2n) is 7.84. The van der Waals surface area contributed by atoms with E-state index in [9.17, 15) is 13.2 Å². The Morgan fingerprint density at radius 2 is 1.86 bits per heavy atom. The van der Waals surface area contributed by atoms with Gasteiger partial charge in [-0.25, -0.2) is 8.42 Å². The van der Waals surface area contributed by atoms with E-state index in [2.05, 4.69) is 5.32 Å². The number of benzene rings is 1. The van der Waals surface area contributed by atoms with E-state index in [0.29, 0.717) is 36.7 Å². The van der Waals surface area contributed by atoms with E-state index in [1.165, 1.54) is 11.3 Å². The first-order valence-corrected chi connectivity index (χ1v) is 12.0. The van der Waals surface area contributed by atoms with Crippen molar-refractivity contribution >= 4 is 27.1 Å². The van der Waals surface area contributed by atoms with E-state index in [4.69, 9.17) is 4.74 Å². The summed E-state index contributed by atoms with van der Waals surface area (Å²) < 4.78 is 31.1. The Bertz CT molecular complexity index is 972. The number of sulfone groups is 1. The molecule has 5 nitrogen and oxygen atoms in total. The molecule has 0 unspecified atom stereocenters. The minimum Gasteiger partial charge on any atom is -0.381 e. The first-order chi connectivity index (χ1) is 13.3. The van der Waals surface area contributed by atoms with E-state index in [1.807, 2.05) is 37.3 Å². The van der Waals surface area contributed by atoms with Crippen LogP contribution in [0.1, 0.15) is 48.9 Å². The van der Waals surface area contributed by atoms with Crippen LogP contribution in [0.2, 0.25) is 0 Å². The third-order valence-corrected chi connectivity index (χ3v) is 9.79. The molecule has 28 heavy (non-hydrogen) atoms. The molecule has 0 aliphatic carbocycles. The molecule has 1 N–H and O–H groups in total. The van der Waals surface area contributed by atoms with Gasteiger partial charge in [-0.1, -0.05) is 29.8 Å². The van der Waals surface area contributed by atoms with Crippen LogP contribution in [0.25, 0.3) is 0 Å². The summed E-state index contributed by atoms with van der Waals surface area (Å²) in [5, 5.41) is 4.49. The zero-order chi connectivity index (χ0) is 19.9. The monoisotopic (exact) mass is 419 g/mol. The lowest BCUT2D eigenvalue weighted by atomic mass is 9.73. The number of thiophene rings is 1. The van der Waals surface area contributed by atoms with Gasteiger partial charge < -0.3 is 10.1 Å². The summed E-state index contributed by atoms with van der Waals surface area (Å²) in [7, 11) is -3.30. The topological polar surface area (TPSA) is 72.5 Å². The standard InChI is InChI=1S/C21H25NO4S2/c1-14-3-5-16(6-4-14)21(8-10-26-11-9-21)20(23)22-18-13-15(2)28(24,25)19-17(18)7-12-27-19/h3-7,12,15,18H,8-11,13H2,1-2H3,(H,22,23)/t15-,18-/m0/s1. The quantitative estimate of drug-likeness (QED) is 0.826. The second kappa shape index (κ2) is 7.28. The maximum absolute atomic E-state index is 13.6. The predicted molar refractivity (Wildman–Crippen MR) is 109 cm³/mol. The molecule has 1 aromatic heterocycles. The average Bonchev–Trinajstić information content (AvgIpc) is 3.18. The first-order valence-electron chi connectivity index (χ1n) is 9.62. The van der Waals surface area contributed by atoms with Crippen molar-refractivity contribution in [3.05, 3.63) is 52.4 Å². The summed E-state index contributed by atoms with van der Waals surface area (Å²) in [6, 6.07) is 9.68. The lowest BCUT2D eigenvalue weighted by Gasteiger charge is -2.38. The van der Waals surface area contributed by atoms with E-state index in [-0.39, 0.29) is 11.9 Å². The van der Waals surface area contributed by atoms with Crippen LogP contribution in [0.4, 0.5) is 0 Å². The Morgan fingerprint density at radius 1 is 1.18 bits per heavy atom. The summed E-state index contributed by atoms with van der Waals surface area (Å²) in [6.07, 6.45) is 1.65. The van der Waals surface area contributed by atoms with Gasteiger partial charge in [-0.15, -0.1) is 11.3 Å². The van der Waals surface area contributed by atoms with E-state index in [0.717, 1.165) is 16.7 Å². The highest BCUT2D eigenvalue weighted by Crippen LogP contribution is 2.41. The Balaban J connectivity index is 1.67. The van der Waals surface area contributed by atoms with Crippen molar-refractivity contribution < 1.29 is 17.9 Å². The van der Waals surface area contributed by atoms with Gasteiger partial charge in [0.2, 0.25) is 5.91 Å². The minimum atomic E-state index is -3.30. The van der Waals surface area contributed by atoms with Gasteiger partial charge in [0.15, 0.2) is 9.84 Å². The first kappa shape index (κ1) is 19.6. The van der Waals surface area contributed by atoms with Gasteiger partial charge in [0, 0.05) is 18.8 Å². The van der Waals surface area contributed by atoms with Crippen molar-refractivity contribution in [1.29, 1.82) is 0 Å². The maximum Gasteiger partial charge on any atom is 0.231 e. The van der Waals surface area contributed by atoms with Gasteiger partial charge in [-0.2, -0.15) is 0 Å². The molecule has 0 radical (unpaired) electrons. The fraction of sp³-hybridized carbons (Fsp3) is 0.476. The van der Waals surface area contributed by atoms with Crippen molar-refractivity contribution in [3.8, 4) is 0 Å². The second-order valence-corrected chi connectivity index (χ2v) is 11.3. The fourth-order valence-electron chi connectivity index (χ4n) is 4.24. The molecule has 2 aromatic rings. The van der Waals surface area contributed by atoms with Crippen LogP contribution in [-0.4, -0.2) is 32.8 Å². The number of rotatable bonds is 3. The summed E-state index contributed by atoms with van der Waals surface area (Å²) in [5.41, 5.74) is 2.24. The molecule has 0 saturated carbocycles. The summed E-state index contributed by atoms with van der Waals surface area (Å²) in [4.78, 5) is 13.6. The van der Waals surface area contributed by atoms with E-state index in [1.54, 1.807) is 12.3 Å². The number of hydrogen-bond acceptors (Lipinski definition) is 5. The van der Waals surface area contributed by atoms with E-state index >= 15 is 0 Å². The Kier molecular flexibility index (Phi) is 5.10. The zero-order valence-electron chi connectivity index (χ0n) is 16.1. The number of carbonyl (C=O) groups excluding carboxylic acids is 1. The molecule has 1 saturated heterocycles. The fourth-order valence-corrected chi connectivity index (χ4v) is 7.47. The number of hydrogen-bond donors (Lipinski definition) is 1. The molecule has 150 valence electrons. The summed E-state index contributed by atoms with van der Waals surface area (Å²) in [6.45, 7) is 4.84. The van der Waals surface area contributed by atoms with Crippen LogP contribution in [0.15, 0.2) is 39.9 Å². The summed E-state index contributed by atoms with van der Waals surface area (Å²) in [5.74, 6) is -0.0340. The largest absolute Gasteiger partial charge is 0.381 e. The van der Waals surface area contributed by atoms with Gasteiger partial charge in [0.05, 0.1) is 16.7 Å². The molecular formula is C21H25NO4S2. The van der Waals surface area contributed by atoms with E-state index < -0.39 is 20.5 Å². The van der Waals surface area contributed by atoms with Crippen LogP contribution in [0.3, 0.4) is 0 Å². The SMILES string of the molecule is Cc1ccc(C2(C(=O)N[C@H]3C[C@H](C)S(=O)(=O)c4sccc43)CCOCC2)cc1. The molecule has 3 heterocycles. The maximum atomic E-state index is 13.6. The highest BCUT2D eigenvalue weighted by atomic mass is 32.2. The Hall–Kier alpha value is -1.70. The van der Waals surface area contributed by atoms with Crippen molar-refractivity contribution in [2.75, 3.05) is 13.2 Å². The molecule has 2 atom stereocenters. The lowest BCUT2D eigenvalue weighted by Crippen LogP contribution is -2.50. The van der Waals surface area contributed by atoms with Crippen LogP contribution in [0, 0.1) is 6.92 Å². The zero-order valence-corrected chi connectivity index (χ0v) is 17.7. The van der Waals surface area contributed by atoms with Crippen LogP contribution in [0.5, 0.6) is 0 Å². The van der Waals surface area contributed by atoms with Crippen molar-refractivity contribution in [1.82, 2.24) is 5.32 Å². The number of aryl methyl sites for hydroxylation is 1. The van der Waals surface area contributed by atoms with Crippen molar-refractivity contribution in [2.45, 2.75) is 54.0 Å². The normalized spacial score (nSPS) is 25.6. The summed E-state index contributed by atoms with van der Waals surface area (Å²) >= 11 is 1.24. The lowest BCUT2D eigenvalue weighted by molar-refractivity contribution is -0.131. The van der Waals surface area contributed by atoms with Gasteiger partial charge in [-0.3, -0.25) is 4.79 Å². The van der Waals surface area contributed by atoms with Gasteiger partial charge in [0.25, 0.3) is 0 Å². The van der Waals surface area contributed by atoms with Crippen LogP contribution < -0.4 is 5.32 Å². The minimum absolute atomic E-state index is 0.0340. The van der Waals surface area contributed by atoms with Crippen molar-refractivity contribution in [3.63, 3.8) is 0 Å². The molecule has 2 aliphatic heterocycles. The molecule has 1 aromatic carbocycles. The predicted octanol–water partition coefficient (Wildman–Crippen LogP) is 3.53. The molecule has 4 rings (SSSR count). The highest BCUT2D eigenvalue weighted by molar-refractivity contribution is 7.94. The van der Waals surface area contributed by atoms with Crippen LogP contribution in [-0.2, 0) is 24.8 Å². The molecule has 0 spiro atoms. The Morgan fingerprint density at radius 3 is 2.54 bits per heavy atom. The van der Waals surface area contributed by atoms with Crippen molar-refractivity contribution in [2.24, 2.45) is 0 Å². The third-order valence-electron chi connectivity index (χ3n) is 6.08. The van der Waals surface area contributed by atoms with Gasteiger partial charge in [0.1, 0.15) is 4.21 Å². The number of nitrogens with one attached hydrogen (secondary N) is 1.